The number of amides is 1. The van der Waals surface area contributed by atoms with Crippen molar-refractivity contribution < 1.29 is 9.53 Å². The molecule has 0 radical (unpaired) electrons. The van der Waals surface area contributed by atoms with Crippen molar-refractivity contribution >= 4 is 11.6 Å². The normalized spacial score (nSPS) is 12.6. The summed E-state index contributed by atoms with van der Waals surface area (Å²) < 4.78 is 8.06. The van der Waals surface area contributed by atoms with Crippen LogP contribution in [0.5, 0.6) is 5.75 Å². The maximum absolute atomic E-state index is 13.5. The molecule has 0 atom stereocenters. The molecule has 4 aromatic rings. The minimum Gasteiger partial charge on any atom is -0.496 e. The standard InChI is InChI=1S/C34H40N4O2/c1-25-11-6-8-13-29(25)30-17-15-26(21-33(30)40-5)22-37-24-28-16-18-32(34(39)36(4)20-10-19-35(2)3)38(28)23-27-12-7-9-14-31(27)37/h6-9,11-18,21H,10,19-20,22-24H2,1-5H3. The van der Waals surface area contributed by atoms with E-state index in [-0.39, 0.29) is 5.91 Å². The molecule has 2 heterocycles. The predicted octanol–water partition coefficient (Wildman–Crippen LogP) is 6.06. The number of ether oxygens (including phenoxy) is 1. The number of nitrogens with zero attached hydrogens (tertiary/aromatic N) is 4. The van der Waals surface area contributed by atoms with E-state index in [9.17, 15) is 4.79 Å². The number of aryl methyl sites for hydroxylation is 1. The van der Waals surface area contributed by atoms with Gasteiger partial charge in [0.15, 0.2) is 0 Å². The minimum atomic E-state index is 0.0764. The molecule has 0 saturated carbocycles. The Hall–Kier alpha value is -4.03. The third kappa shape index (κ3) is 5.77. The van der Waals surface area contributed by atoms with Crippen molar-refractivity contribution in [1.82, 2.24) is 14.4 Å². The van der Waals surface area contributed by atoms with Crippen LogP contribution in [0, 0.1) is 6.92 Å². The Balaban J connectivity index is 1.42. The number of hydrogen-bond acceptors (Lipinski definition) is 4. The molecule has 0 aliphatic carbocycles. The van der Waals surface area contributed by atoms with E-state index >= 15 is 0 Å². The zero-order valence-electron chi connectivity index (χ0n) is 24.4. The number of methoxy groups -OCH3 is 1. The highest BCUT2D eigenvalue weighted by atomic mass is 16.5. The van der Waals surface area contributed by atoms with Gasteiger partial charge in [-0.05, 0) is 80.5 Å². The summed E-state index contributed by atoms with van der Waals surface area (Å²) in [5.41, 5.74) is 9.01. The van der Waals surface area contributed by atoms with Crippen molar-refractivity contribution in [2.24, 2.45) is 0 Å². The van der Waals surface area contributed by atoms with Crippen LogP contribution in [0.4, 0.5) is 5.69 Å². The molecule has 6 heteroatoms. The van der Waals surface area contributed by atoms with Gasteiger partial charge in [-0.25, -0.2) is 0 Å². The molecule has 40 heavy (non-hydrogen) atoms. The van der Waals surface area contributed by atoms with Crippen LogP contribution in [0.15, 0.2) is 78.9 Å². The third-order valence-electron chi connectivity index (χ3n) is 7.82. The van der Waals surface area contributed by atoms with Crippen LogP contribution in [0.3, 0.4) is 0 Å². The van der Waals surface area contributed by atoms with Crippen LogP contribution < -0.4 is 9.64 Å². The van der Waals surface area contributed by atoms with Crippen LogP contribution in [0.2, 0.25) is 0 Å². The Morgan fingerprint density at radius 1 is 0.875 bits per heavy atom. The van der Waals surface area contributed by atoms with Gasteiger partial charge in [-0.1, -0.05) is 54.6 Å². The van der Waals surface area contributed by atoms with Crippen LogP contribution in [0.1, 0.15) is 39.3 Å². The SMILES string of the molecule is COc1cc(CN2Cc3ccc(C(=O)N(C)CCCN(C)C)n3Cc3ccccc32)ccc1-c1ccccc1C. The molecule has 0 unspecified atom stereocenters. The molecule has 6 nitrogen and oxygen atoms in total. The second-order valence-electron chi connectivity index (χ2n) is 11.0. The first-order valence-electron chi connectivity index (χ1n) is 14.0. The van der Waals surface area contributed by atoms with Crippen LogP contribution in [-0.4, -0.2) is 61.6 Å². The second-order valence-corrected chi connectivity index (χ2v) is 11.0. The number of anilines is 1. The number of carbonyl (C=O) groups excluding carboxylic acids is 1. The highest BCUT2D eigenvalue weighted by molar-refractivity contribution is 5.93. The molecule has 1 aromatic heterocycles. The van der Waals surface area contributed by atoms with E-state index in [1.807, 2.05) is 18.0 Å². The summed E-state index contributed by atoms with van der Waals surface area (Å²) in [6.45, 7) is 5.96. The van der Waals surface area contributed by atoms with Gasteiger partial charge in [0, 0.05) is 37.1 Å². The number of hydrogen-bond donors (Lipinski definition) is 0. The van der Waals surface area contributed by atoms with E-state index in [4.69, 9.17) is 4.74 Å². The second kappa shape index (κ2) is 12.0. The molecule has 0 saturated heterocycles. The number of rotatable bonds is 9. The maximum atomic E-state index is 13.5. The van der Waals surface area contributed by atoms with Gasteiger partial charge < -0.3 is 24.0 Å². The topological polar surface area (TPSA) is 41.0 Å². The van der Waals surface area contributed by atoms with Gasteiger partial charge in [0.1, 0.15) is 11.4 Å². The summed E-state index contributed by atoms with van der Waals surface area (Å²) in [6, 6.07) is 27.6. The number of fused-ring (bicyclic) bond motifs is 2. The van der Waals surface area contributed by atoms with Gasteiger partial charge in [-0.3, -0.25) is 4.79 Å². The lowest BCUT2D eigenvalue weighted by Gasteiger charge is -2.25. The zero-order chi connectivity index (χ0) is 28.2. The quantitative estimate of drug-likeness (QED) is 0.261. The van der Waals surface area contributed by atoms with Crippen LogP contribution in [-0.2, 0) is 19.6 Å². The average Bonchev–Trinajstić information content (AvgIpc) is 3.27. The van der Waals surface area contributed by atoms with Gasteiger partial charge in [0.05, 0.1) is 20.2 Å². The number of aromatic nitrogens is 1. The van der Waals surface area contributed by atoms with Crippen molar-refractivity contribution in [2.75, 3.05) is 46.2 Å². The monoisotopic (exact) mass is 536 g/mol. The van der Waals surface area contributed by atoms with Gasteiger partial charge >= 0.3 is 0 Å². The first-order valence-corrected chi connectivity index (χ1v) is 14.0. The van der Waals surface area contributed by atoms with E-state index < -0.39 is 0 Å². The summed E-state index contributed by atoms with van der Waals surface area (Å²) in [5, 5.41) is 0. The first-order chi connectivity index (χ1) is 19.4. The van der Waals surface area contributed by atoms with E-state index in [0.29, 0.717) is 6.54 Å². The Bertz CT molecular complexity index is 1490. The smallest absolute Gasteiger partial charge is 0.270 e. The van der Waals surface area contributed by atoms with E-state index in [0.717, 1.165) is 55.3 Å². The van der Waals surface area contributed by atoms with Crippen molar-refractivity contribution in [1.29, 1.82) is 0 Å². The lowest BCUT2D eigenvalue weighted by Crippen LogP contribution is -2.31. The molecule has 0 fully saturated rings. The largest absolute Gasteiger partial charge is 0.496 e. The Morgan fingerprint density at radius 2 is 1.65 bits per heavy atom. The van der Waals surface area contributed by atoms with Gasteiger partial charge in [0.25, 0.3) is 5.91 Å². The van der Waals surface area contributed by atoms with Crippen molar-refractivity contribution in [3.05, 3.63) is 107 Å². The summed E-state index contributed by atoms with van der Waals surface area (Å²) in [6.07, 6.45) is 0.950. The predicted molar refractivity (Wildman–Crippen MR) is 163 cm³/mol. The van der Waals surface area contributed by atoms with E-state index in [2.05, 4.69) is 108 Å². The Labute approximate surface area is 238 Å². The fourth-order valence-corrected chi connectivity index (χ4v) is 5.64. The molecule has 1 aliphatic heterocycles. The number of para-hydroxylation sites is 1. The highest BCUT2D eigenvalue weighted by Crippen LogP contribution is 2.35. The third-order valence-corrected chi connectivity index (χ3v) is 7.82. The zero-order valence-corrected chi connectivity index (χ0v) is 24.4. The van der Waals surface area contributed by atoms with Gasteiger partial charge in [0.2, 0.25) is 0 Å². The molecule has 1 aliphatic rings. The minimum absolute atomic E-state index is 0.0764. The lowest BCUT2D eigenvalue weighted by atomic mass is 9.98. The first kappa shape index (κ1) is 27.5. The van der Waals surface area contributed by atoms with E-state index in [1.54, 1.807) is 7.11 Å². The molecule has 0 spiro atoms. The Morgan fingerprint density at radius 3 is 2.42 bits per heavy atom. The molecule has 0 N–H and O–H groups in total. The molecule has 3 aromatic carbocycles. The van der Waals surface area contributed by atoms with Crippen molar-refractivity contribution in [2.45, 2.75) is 33.0 Å². The summed E-state index contributed by atoms with van der Waals surface area (Å²) in [7, 11) is 7.77. The van der Waals surface area contributed by atoms with Crippen molar-refractivity contribution in [3.8, 4) is 16.9 Å². The molecule has 5 rings (SSSR count). The summed E-state index contributed by atoms with van der Waals surface area (Å²) in [4.78, 5) is 19.9. The highest BCUT2D eigenvalue weighted by Gasteiger charge is 2.25. The molecule has 1 amide bonds. The van der Waals surface area contributed by atoms with Gasteiger partial charge in [-0.2, -0.15) is 0 Å². The Kier molecular flexibility index (Phi) is 8.27. The fourth-order valence-electron chi connectivity index (χ4n) is 5.64. The average molecular weight is 537 g/mol. The molecule has 0 bridgehead atoms. The van der Waals surface area contributed by atoms with Crippen molar-refractivity contribution in [3.63, 3.8) is 0 Å². The summed E-state index contributed by atoms with van der Waals surface area (Å²) in [5.74, 6) is 0.955. The van der Waals surface area contributed by atoms with Crippen LogP contribution >= 0.6 is 0 Å². The molecular weight excluding hydrogens is 496 g/mol. The molecule has 208 valence electrons. The van der Waals surface area contributed by atoms with Gasteiger partial charge in [-0.15, -0.1) is 0 Å². The molecular formula is C34H40N4O2. The van der Waals surface area contributed by atoms with Crippen LogP contribution in [0.25, 0.3) is 11.1 Å². The maximum Gasteiger partial charge on any atom is 0.270 e. The number of benzene rings is 3. The lowest BCUT2D eigenvalue weighted by molar-refractivity contribution is 0.0780. The van der Waals surface area contributed by atoms with E-state index in [1.165, 1.54) is 27.9 Å². The number of carbonyl (C=O) groups is 1. The fraction of sp³-hybridized carbons (Fsp3) is 0.324. The summed E-state index contributed by atoms with van der Waals surface area (Å²) >= 11 is 0.